The maximum atomic E-state index is 9.21. The number of nitriles is 1. The van der Waals surface area contributed by atoms with Crippen molar-refractivity contribution in [1.82, 2.24) is 0 Å². The molecule has 0 saturated heterocycles. The van der Waals surface area contributed by atoms with Gasteiger partial charge < -0.3 is 9.32 Å². The lowest BCUT2D eigenvalue weighted by molar-refractivity contribution is 0.669. The van der Waals surface area contributed by atoms with Gasteiger partial charge in [-0.3, -0.25) is 0 Å². The molecule has 0 aliphatic rings. The van der Waals surface area contributed by atoms with Crippen LogP contribution in [0.25, 0.3) is 32.7 Å². The first-order chi connectivity index (χ1) is 15.8. The van der Waals surface area contributed by atoms with Crippen LogP contribution in [-0.4, -0.2) is 0 Å². The smallest absolute Gasteiger partial charge is 0.136 e. The predicted octanol–water partition coefficient (Wildman–Crippen LogP) is 8.08. The number of hydrogen-bond acceptors (Lipinski definition) is 3. The summed E-state index contributed by atoms with van der Waals surface area (Å²) in [6, 6.07) is 39.0. The second-order valence-electron chi connectivity index (χ2n) is 7.77. The third kappa shape index (κ3) is 2.90. The molecule has 0 fully saturated rings. The van der Waals surface area contributed by atoms with Gasteiger partial charge in [-0.1, -0.05) is 48.5 Å². The van der Waals surface area contributed by atoms with Crippen molar-refractivity contribution in [3.63, 3.8) is 0 Å². The maximum Gasteiger partial charge on any atom is 0.136 e. The molecule has 0 unspecified atom stereocenters. The van der Waals surface area contributed by atoms with Crippen molar-refractivity contribution in [2.45, 2.75) is 0 Å². The molecule has 0 amide bonds. The summed E-state index contributed by atoms with van der Waals surface area (Å²) in [4.78, 5) is 2.20. The number of fused-ring (bicyclic) bond motifs is 5. The fraction of sp³-hybridized carbons (Fsp3) is 0. The van der Waals surface area contributed by atoms with Crippen LogP contribution >= 0.6 is 0 Å². The Labute approximate surface area is 185 Å². The van der Waals surface area contributed by atoms with Crippen LogP contribution in [-0.2, 0) is 0 Å². The van der Waals surface area contributed by atoms with Gasteiger partial charge in [0.15, 0.2) is 0 Å². The summed E-state index contributed by atoms with van der Waals surface area (Å²) in [6.07, 6.45) is 0. The molecule has 0 bridgehead atoms. The summed E-state index contributed by atoms with van der Waals surface area (Å²) >= 11 is 0. The quantitative estimate of drug-likeness (QED) is 0.296. The fourth-order valence-electron chi connectivity index (χ4n) is 4.38. The Morgan fingerprint density at radius 1 is 0.594 bits per heavy atom. The van der Waals surface area contributed by atoms with Crippen molar-refractivity contribution in [1.29, 1.82) is 5.26 Å². The molecular formula is C29H18N2O. The second-order valence-corrected chi connectivity index (χ2v) is 7.77. The van der Waals surface area contributed by atoms with Crippen molar-refractivity contribution in [2.24, 2.45) is 0 Å². The first kappa shape index (κ1) is 18.2. The van der Waals surface area contributed by atoms with Crippen molar-refractivity contribution < 1.29 is 4.42 Å². The Morgan fingerprint density at radius 2 is 1.28 bits per heavy atom. The molecule has 0 radical (unpaired) electrons. The molecule has 1 heterocycles. The van der Waals surface area contributed by atoms with Crippen molar-refractivity contribution in [3.05, 3.63) is 115 Å². The van der Waals surface area contributed by atoms with Gasteiger partial charge >= 0.3 is 0 Å². The molecule has 0 saturated carbocycles. The number of hydrogen-bond donors (Lipinski definition) is 0. The van der Waals surface area contributed by atoms with Crippen molar-refractivity contribution in [3.8, 4) is 6.07 Å². The van der Waals surface area contributed by atoms with E-state index in [1.807, 2.05) is 54.6 Å². The first-order valence-corrected chi connectivity index (χ1v) is 10.5. The van der Waals surface area contributed by atoms with Crippen molar-refractivity contribution >= 4 is 49.8 Å². The van der Waals surface area contributed by atoms with E-state index in [4.69, 9.17) is 4.42 Å². The van der Waals surface area contributed by atoms with Crippen LogP contribution in [0.5, 0.6) is 0 Å². The minimum Gasteiger partial charge on any atom is -0.456 e. The highest BCUT2D eigenvalue weighted by atomic mass is 16.3. The van der Waals surface area contributed by atoms with Crippen LogP contribution in [0.1, 0.15) is 5.56 Å². The lowest BCUT2D eigenvalue weighted by Crippen LogP contribution is -2.09. The van der Waals surface area contributed by atoms with E-state index in [0.29, 0.717) is 5.56 Å². The van der Waals surface area contributed by atoms with E-state index in [9.17, 15) is 5.26 Å². The number of benzene rings is 5. The van der Waals surface area contributed by atoms with Gasteiger partial charge in [-0.05, 0) is 71.4 Å². The van der Waals surface area contributed by atoms with E-state index in [-0.39, 0.29) is 0 Å². The Bertz CT molecular complexity index is 1620. The molecule has 3 heteroatoms. The largest absolute Gasteiger partial charge is 0.456 e. The molecule has 0 aliphatic heterocycles. The van der Waals surface area contributed by atoms with Gasteiger partial charge in [0.05, 0.1) is 11.6 Å². The number of furan rings is 1. The zero-order valence-electron chi connectivity index (χ0n) is 17.2. The van der Waals surface area contributed by atoms with Crippen LogP contribution in [0.2, 0.25) is 0 Å². The van der Waals surface area contributed by atoms with Crippen LogP contribution in [0.15, 0.2) is 114 Å². The predicted molar refractivity (Wildman–Crippen MR) is 131 cm³/mol. The van der Waals surface area contributed by atoms with E-state index in [1.165, 1.54) is 10.8 Å². The molecular weight excluding hydrogens is 392 g/mol. The second kappa shape index (κ2) is 7.30. The van der Waals surface area contributed by atoms with E-state index < -0.39 is 0 Å². The molecule has 32 heavy (non-hydrogen) atoms. The number of rotatable bonds is 3. The molecule has 150 valence electrons. The molecule has 0 atom stereocenters. The maximum absolute atomic E-state index is 9.21. The lowest BCUT2D eigenvalue weighted by atomic mass is 10.0. The Hall–Kier alpha value is -4.55. The van der Waals surface area contributed by atoms with Gasteiger partial charge in [0.1, 0.15) is 11.2 Å². The van der Waals surface area contributed by atoms with Gasteiger partial charge in [-0.2, -0.15) is 5.26 Å². The van der Waals surface area contributed by atoms with Crippen LogP contribution in [0, 0.1) is 11.3 Å². The molecule has 6 aromatic rings. The van der Waals surface area contributed by atoms with Crippen molar-refractivity contribution in [2.75, 3.05) is 4.90 Å². The SMILES string of the molecule is N#Cc1ccc(N(c2ccccc2)c2ccc3oc4ccc5ccccc5c4c3c2)cc1. The number of anilines is 3. The summed E-state index contributed by atoms with van der Waals surface area (Å²) in [5.41, 5.74) is 5.48. The molecule has 0 N–H and O–H groups in total. The standard InChI is InChI=1S/C29H18N2O/c30-19-20-10-13-23(14-11-20)31(22-7-2-1-3-8-22)24-15-17-27-26(18-24)29-25-9-5-4-6-21(25)12-16-28(29)32-27/h1-18H. The molecule has 3 nitrogen and oxygen atoms in total. The summed E-state index contributed by atoms with van der Waals surface area (Å²) in [5.74, 6) is 0. The molecule has 5 aromatic carbocycles. The third-order valence-corrected chi connectivity index (χ3v) is 5.87. The summed E-state index contributed by atoms with van der Waals surface area (Å²) in [6.45, 7) is 0. The fourth-order valence-corrected chi connectivity index (χ4v) is 4.38. The monoisotopic (exact) mass is 410 g/mol. The zero-order valence-corrected chi connectivity index (χ0v) is 17.2. The van der Waals surface area contributed by atoms with E-state index >= 15 is 0 Å². The van der Waals surface area contributed by atoms with E-state index in [1.54, 1.807) is 0 Å². The highest BCUT2D eigenvalue weighted by Crippen LogP contribution is 2.40. The molecule has 0 spiro atoms. The average molecular weight is 410 g/mol. The summed E-state index contributed by atoms with van der Waals surface area (Å²) in [5, 5.41) is 13.8. The van der Waals surface area contributed by atoms with E-state index in [0.717, 1.165) is 39.0 Å². The van der Waals surface area contributed by atoms with Crippen LogP contribution in [0.4, 0.5) is 17.1 Å². The van der Waals surface area contributed by atoms with E-state index in [2.05, 4.69) is 65.6 Å². The average Bonchev–Trinajstić information content (AvgIpc) is 3.24. The van der Waals surface area contributed by atoms with Crippen LogP contribution < -0.4 is 4.90 Å². The Morgan fingerprint density at radius 3 is 2.09 bits per heavy atom. The molecule has 0 aliphatic carbocycles. The molecule has 1 aromatic heterocycles. The highest BCUT2D eigenvalue weighted by Gasteiger charge is 2.16. The highest BCUT2D eigenvalue weighted by molar-refractivity contribution is 6.19. The molecule has 6 rings (SSSR count). The van der Waals surface area contributed by atoms with Gasteiger partial charge in [0.25, 0.3) is 0 Å². The first-order valence-electron chi connectivity index (χ1n) is 10.5. The Kier molecular flexibility index (Phi) is 4.16. The topological polar surface area (TPSA) is 40.2 Å². The van der Waals surface area contributed by atoms with Gasteiger partial charge in [-0.15, -0.1) is 0 Å². The third-order valence-electron chi connectivity index (χ3n) is 5.87. The van der Waals surface area contributed by atoms with Crippen LogP contribution in [0.3, 0.4) is 0 Å². The zero-order chi connectivity index (χ0) is 21.5. The summed E-state index contributed by atoms with van der Waals surface area (Å²) in [7, 11) is 0. The lowest BCUT2D eigenvalue weighted by Gasteiger charge is -2.25. The number of nitrogens with zero attached hydrogens (tertiary/aromatic N) is 2. The van der Waals surface area contributed by atoms with Gasteiger partial charge in [0, 0.05) is 27.8 Å². The number of para-hydroxylation sites is 1. The summed E-state index contributed by atoms with van der Waals surface area (Å²) < 4.78 is 6.18. The normalized spacial score (nSPS) is 11.1. The minimum atomic E-state index is 0.643. The minimum absolute atomic E-state index is 0.643. The van der Waals surface area contributed by atoms with Gasteiger partial charge in [-0.25, -0.2) is 0 Å². The van der Waals surface area contributed by atoms with Gasteiger partial charge in [0.2, 0.25) is 0 Å². The Balaban J connectivity index is 1.61.